The Hall–Kier alpha value is -3.87. The highest BCUT2D eigenvalue weighted by atomic mass is 19.1. The maximum Gasteiger partial charge on any atom is 0.324 e. The Bertz CT molecular complexity index is 1190. The van der Waals surface area contributed by atoms with Gasteiger partial charge in [0, 0.05) is 11.8 Å². The molecule has 6 nitrogen and oxygen atoms in total. The van der Waals surface area contributed by atoms with Gasteiger partial charge in [-0.3, -0.25) is 9.72 Å². The summed E-state index contributed by atoms with van der Waals surface area (Å²) in [5, 5.41) is 5.68. The number of aryl methyl sites for hydroxylation is 1. The molecule has 29 heavy (non-hydrogen) atoms. The quantitative estimate of drug-likeness (QED) is 0.509. The van der Waals surface area contributed by atoms with Gasteiger partial charge in [-0.05, 0) is 61.0 Å². The Morgan fingerprint density at radius 1 is 1.07 bits per heavy atom. The monoisotopic (exact) mass is 390 g/mol. The topological polar surface area (TPSA) is 67.7 Å². The first-order valence-corrected chi connectivity index (χ1v) is 9.01. The summed E-state index contributed by atoms with van der Waals surface area (Å²) in [5.41, 5.74) is 3.45. The maximum atomic E-state index is 13.3. The molecule has 0 fully saturated rings. The van der Waals surface area contributed by atoms with E-state index in [0.717, 1.165) is 5.56 Å². The molecule has 0 radical (unpaired) electrons. The van der Waals surface area contributed by atoms with Gasteiger partial charge in [-0.25, -0.2) is 14.2 Å². The molecule has 7 heteroatoms. The van der Waals surface area contributed by atoms with Crippen LogP contribution in [0.1, 0.15) is 5.56 Å². The van der Waals surface area contributed by atoms with E-state index in [-0.39, 0.29) is 5.82 Å². The van der Waals surface area contributed by atoms with Gasteiger partial charge in [0.25, 0.3) is 0 Å². The SMILES string of the molecule is COc1ccc(C)cc1NC(=O)Nc1c(-c2ccc(F)cc2)nc2ccccn12. The molecule has 4 aromatic rings. The number of carbonyl (C=O) groups excluding carboxylic acids is 1. The van der Waals surface area contributed by atoms with Crippen molar-refractivity contribution in [2.45, 2.75) is 6.92 Å². The lowest BCUT2D eigenvalue weighted by Crippen LogP contribution is -2.21. The first kappa shape index (κ1) is 18.5. The molecule has 2 amide bonds. The number of pyridine rings is 1. The van der Waals surface area contributed by atoms with Gasteiger partial charge in [-0.15, -0.1) is 0 Å². The molecule has 0 aliphatic heterocycles. The van der Waals surface area contributed by atoms with Crippen LogP contribution in [0.5, 0.6) is 5.75 Å². The Labute approximate surface area is 167 Å². The van der Waals surface area contributed by atoms with E-state index in [0.29, 0.717) is 34.2 Å². The van der Waals surface area contributed by atoms with E-state index in [4.69, 9.17) is 4.74 Å². The third-order valence-corrected chi connectivity index (χ3v) is 4.48. The molecule has 2 aromatic carbocycles. The number of nitrogens with zero attached hydrogens (tertiary/aromatic N) is 2. The first-order valence-electron chi connectivity index (χ1n) is 9.01. The second kappa shape index (κ2) is 7.63. The molecule has 0 aliphatic carbocycles. The van der Waals surface area contributed by atoms with E-state index in [1.165, 1.54) is 12.1 Å². The zero-order valence-corrected chi connectivity index (χ0v) is 15.9. The number of anilines is 2. The third-order valence-electron chi connectivity index (χ3n) is 4.48. The number of carbonyl (C=O) groups is 1. The first-order chi connectivity index (χ1) is 14.0. The fourth-order valence-electron chi connectivity index (χ4n) is 3.10. The van der Waals surface area contributed by atoms with Gasteiger partial charge in [0.2, 0.25) is 0 Å². The summed E-state index contributed by atoms with van der Waals surface area (Å²) in [6, 6.07) is 16.6. The van der Waals surface area contributed by atoms with Crippen LogP contribution in [0.15, 0.2) is 66.9 Å². The summed E-state index contributed by atoms with van der Waals surface area (Å²) in [6.07, 6.45) is 1.80. The second-order valence-electron chi connectivity index (χ2n) is 6.53. The van der Waals surface area contributed by atoms with Crippen molar-refractivity contribution in [3.05, 3.63) is 78.2 Å². The van der Waals surface area contributed by atoms with Crippen molar-refractivity contribution >= 4 is 23.2 Å². The van der Waals surface area contributed by atoms with Crippen LogP contribution in [0.3, 0.4) is 0 Å². The highest BCUT2D eigenvalue weighted by molar-refractivity contribution is 6.02. The summed E-state index contributed by atoms with van der Waals surface area (Å²) in [6.45, 7) is 1.93. The van der Waals surface area contributed by atoms with E-state index < -0.39 is 6.03 Å². The van der Waals surface area contributed by atoms with Crippen LogP contribution in [0.2, 0.25) is 0 Å². The van der Waals surface area contributed by atoms with Gasteiger partial charge < -0.3 is 10.1 Å². The maximum absolute atomic E-state index is 13.3. The number of fused-ring (bicyclic) bond motifs is 1. The molecule has 2 N–H and O–H groups in total. The summed E-state index contributed by atoms with van der Waals surface area (Å²) >= 11 is 0. The normalized spacial score (nSPS) is 10.7. The van der Waals surface area contributed by atoms with Crippen molar-refractivity contribution < 1.29 is 13.9 Å². The minimum Gasteiger partial charge on any atom is -0.495 e. The average molecular weight is 390 g/mol. The highest BCUT2D eigenvalue weighted by Gasteiger charge is 2.17. The predicted molar refractivity (Wildman–Crippen MR) is 111 cm³/mol. The van der Waals surface area contributed by atoms with Crippen molar-refractivity contribution in [3.63, 3.8) is 0 Å². The van der Waals surface area contributed by atoms with Crippen LogP contribution in [0.4, 0.5) is 20.7 Å². The van der Waals surface area contributed by atoms with E-state index in [1.54, 1.807) is 35.9 Å². The third kappa shape index (κ3) is 3.75. The second-order valence-corrected chi connectivity index (χ2v) is 6.53. The number of ether oxygens (including phenoxy) is 1. The molecule has 0 atom stereocenters. The van der Waals surface area contributed by atoms with Crippen LogP contribution in [-0.4, -0.2) is 22.5 Å². The van der Waals surface area contributed by atoms with Crippen molar-refractivity contribution in [2.75, 3.05) is 17.7 Å². The molecule has 0 aliphatic rings. The standard InChI is InChI=1S/C22H19FN4O2/c1-14-6-11-18(29-2)17(13-14)24-22(28)26-21-20(15-7-9-16(23)10-8-15)25-19-5-3-4-12-27(19)21/h3-13H,1-2H3,(H2,24,26,28). The highest BCUT2D eigenvalue weighted by Crippen LogP contribution is 2.30. The lowest BCUT2D eigenvalue weighted by Gasteiger charge is -2.12. The minimum absolute atomic E-state index is 0.337. The van der Waals surface area contributed by atoms with Crippen LogP contribution >= 0.6 is 0 Å². The number of imidazole rings is 1. The number of aromatic nitrogens is 2. The number of hydrogen-bond acceptors (Lipinski definition) is 3. The molecule has 146 valence electrons. The summed E-state index contributed by atoms with van der Waals surface area (Å²) in [5.74, 6) is 0.704. The van der Waals surface area contributed by atoms with Crippen LogP contribution < -0.4 is 15.4 Å². The molecule has 2 aromatic heterocycles. The van der Waals surface area contributed by atoms with E-state index in [2.05, 4.69) is 15.6 Å². The van der Waals surface area contributed by atoms with Crippen LogP contribution in [-0.2, 0) is 0 Å². The number of urea groups is 1. The number of halogens is 1. The van der Waals surface area contributed by atoms with E-state index in [9.17, 15) is 9.18 Å². The van der Waals surface area contributed by atoms with Gasteiger partial charge in [-0.2, -0.15) is 0 Å². The average Bonchev–Trinajstić information content (AvgIpc) is 3.07. The van der Waals surface area contributed by atoms with Crippen molar-refractivity contribution in [1.29, 1.82) is 0 Å². The largest absolute Gasteiger partial charge is 0.495 e. The van der Waals surface area contributed by atoms with Crippen molar-refractivity contribution in [1.82, 2.24) is 9.38 Å². The lowest BCUT2D eigenvalue weighted by atomic mass is 10.1. The summed E-state index contributed by atoms with van der Waals surface area (Å²) in [7, 11) is 1.55. The zero-order valence-electron chi connectivity index (χ0n) is 15.9. The van der Waals surface area contributed by atoms with Crippen molar-refractivity contribution in [3.8, 4) is 17.0 Å². The molecule has 2 heterocycles. The van der Waals surface area contributed by atoms with Gasteiger partial charge in [0.1, 0.15) is 28.7 Å². The van der Waals surface area contributed by atoms with Crippen LogP contribution in [0, 0.1) is 12.7 Å². The molecule has 0 saturated carbocycles. The zero-order chi connectivity index (χ0) is 20.4. The number of nitrogens with one attached hydrogen (secondary N) is 2. The number of hydrogen-bond donors (Lipinski definition) is 2. The molecule has 0 bridgehead atoms. The molecule has 0 spiro atoms. The van der Waals surface area contributed by atoms with Gasteiger partial charge in [-0.1, -0.05) is 12.1 Å². The van der Waals surface area contributed by atoms with Gasteiger partial charge in [0.05, 0.1) is 12.8 Å². The van der Waals surface area contributed by atoms with E-state index >= 15 is 0 Å². The Balaban J connectivity index is 1.70. The fourth-order valence-corrected chi connectivity index (χ4v) is 3.10. The number of benzene rings is 2. The smallest absolute Gasteiger partial charge is 0.324 e. The Morgan fingerprint density at radius 2 is 1.86 bits per heavy atom. The summed E-state index contributed by atoms with van der Waals surface area (Å²) in [4.78, 5) is 17.4. The van der Waals surface area contributed by atoms with E-state index in [1.807, 2.05) is 37.3 Å². The van der Waals surface area contributed by atoms with Crippen LogP contribution in [0.25, 0.3) is 16.9 Å². The minimum atomic E-state index is -0.442. The van der Waals surface area contributed by atoms with Crippen molar-refractivity contribution in [2.24, 2.45) is 0 Å². The molecule has 0 saturated heterocycles. The molecule has 0 unspecified atom stereocenters. The Kier molecular flexibility index (Phi) is 4.87. The molecule has 4 rings (SSSR count). The number of amides is 2. The molecular weight excluding hydrogens is 371 g/mol. The van der Waals surface area contributed by atoms with Gasteiger partial charge >= 0.3 is 6.03 Å². The Morgan fingerprint density at radius 3 is 2.62 bits per heavy atom. The number of methoxy groups -OCH3 is 1. The predicted octanol–water partition coefficient (Wildman–Crippen LogP) is 5.10. The fraction of sp³-hybridized carbons (Fsp3) is 0.0909. The summed E-state index contributed by atoms with van der Waals surface area (Å²) < 4.78 is 20.4. The lowest BCUT2D eigenvalue weighted by molar-refractivity contribution is 0.262. The molecular formula is C22H19FN4O2. The van der Waals surface area contributed by atoms with Gasteiger partial charge in [0.15, 0.2) is 0 Å². The number of rotatable bonds is 4.